The van der Waals surface area contributed by atoms with Gasteiger partial charge < -0.3 is 20.1 Å². The molecule has 0 aliphatic rings. The number of nitrogens with one attached hydrogen (secondary N) is 2. The van der Waals surface area contributed by atoms with Gasteiger partial charge in [0.2, 0.25) is 5.88 Å². The number of aryl methyl sites for hydroxylation is 1. The van der Waals surface area contributed by atoms with E-state index in [-0.39, 0.29) is 5.75 Å². The van der Waals surface area contributed by atoms with E-state index >= 15 is 0 Å². The first kappa shape index (κ1) is 24.5. The summed E-state index contributed by atoms with van der Waals surface area (Å²) in [6.45, 7) is 5.87. The zero-order valence-corrected chi connectivity index (χ0v) is 19.4. The van der Waals surface area contributed by atoms with Crippen LogP contribution in [-0.4, -0.2) is 32.1 Å². The molecule has 0 aliphatic heterocycles. The van der Waals surface area contributed by atoms with E-state index in [1.165, 1.54) is 18.5 Å². The van der Waals surface area contributed by atoms with Crippen molar-refractivity contribution in [2.24, 2.45) is 0 Å². The molecule has 2 N–H and O–H groups in total. The average molecular weight is 498 g/mol. The zero-order chi connectivity index (χ0) is 25.9. The molecule has 0 radical (unpaired) electrons. The fourth-order valence-electron chi connectivity index (χ4n) is 3.21. The largest absolute Gasteiger partial charge is 0.573 e. The molecule has 2 aromatic carbocycles. The van der Waals surface area contributed by atoms with Crippen LogP contribution in [0.25, 0.3) is 5.82 Å². The fraction of sp³-hybridized carbons (Fsp3) is 0.167. The molecule has 0 saturated carbocycles. The molecule has 0 unspecified atom stereocenters. The number of alkyl halides is 3. The number of anilines is 2. The lowest BCUT2D eigenvalue weighted by Gasteiger charge is -2.11. The van der Waals surface area contributed by atoms with Crippen LogP contribution in [0.1, 0.15) is 17.0 Å². The first-order chi connectivity index (χ1) is 17.1. The summed E-state index contributed by atoms with van der Waals surface area (Å²) >= 11 is 0. The van der Waals surface area contributed by atoms with E-state index in [9.17, 15) is 18.0 Å². The normalized spacial score (nSPS) is 11.2. The number of urea groups is 1. The van der Waals surface area contributed by atoms with Crippen molar-refractivity contribution >= 4 is 17.4 Å². The van der Waals surface area contributed by atoms with E-state index in [1.54, 1.807) is 35.0 Å². The Bertz CT molecular complexity index is 1370. The molecular weight excluding hydrogens is 477 g/mol. The molecule has 0 atom stereocenters. The summed E-state index contributed by atoms with van der Waals surface area (Å²) in [5, 5.41) is 9.64. The minimum absolute atomic E-state index is 0.291. The Morgan fingerprint density at radius 2 is 1.47 bits per heavy atom. The number of nitrogens with zero attached hydrogens (tertiary/aromatic N) is 4. The standard InChI is InChI=1S/C24H21F3N6O3/c1-14-15(2)32-33(16(14)3)21-12-22(29-13-28-21)35-19-8-4-17(5-9-19)30-23(34)31-18-6-10-20(11-7-18)36-24(25,26)27/h4-13H,1-3H3,(H2,30,31,34). The van der Waals surface area contributed by atoms with Crippen LogP contribution in [0, 0.1) is 20.8 Å². The molecule has 0 spiro atoms. The van der Waals surface area contributed by atoms with Crippen molar-refractivity contribution in [3.05, 3.63) is 77.9 Å². The molecule has 0 aliphatic carbocycles. The summed E-state index contributed by atoms with van der Waals surface area (Å²) < 4.78 is 48.1. The second-order valence-electron chi connectivity index (χ2n) is 7.70. The van der Waals surface area contributed by atoms with Crippen LogP contribution in [0.3, 0.4) is 0 Å². The van der Waals surface area contributed by atoms with Crippen molar-refractivity contribution in [2.75, 3.05) is 10.6 Å². The predicted molar refractivity (Wildman–Crippen MR) is 126 cm³/mol. The zero-order valence-electron chi connectivity index (χ0n) is 19.4. The maximum absolute atomic E-state index is 12.2. The Labute approximate surface area is 203 Å². The molecule has 2 aromatic heterocycles. The Hall–Kier alpha value is -4.61. The van der Waals surface area contributed by atoms with Gasteiger partial charge in [-0.05, 0) is 74.9 Å². The lowest BCUT2D eigenvalue weighted by molar-refractivity contribution is -0.274. The highest BCUT2D eigenvalue weighted by Gasteiger charge is 2.31. The number of benzene rings is 2. The van der Waals surface area contributed by atoms with Gasteiger partial charge in [0.05, 0.1) is 5.69 Å². The number of carbonyl (C=O) groups excluding carboxylic acids is 1. The number of amides is 2. The number of hydrogen-bond acceptors (Lipinski definition) is 6. The molecule has 2 amide bonds. The van der Waals surface area contributed by atoms with Gasteiger partial charge in [-0.15, -0.1) is 13.2 Å². The number of aromatic nitrogens is 4. The summed E-state index contributed by atoms with van der Waals surface area (Å²) in [6.07, 6.45) is -3.40. The Morgan fingerprint density at radius 1 is 0.889 bits per heavy atom. The van der Waals surface area contributed by atoms with E-state index in [2.05, 4.69) is 30.4 Å². The van der Waals surface area contributed by atoms with Crippen LogP contribution in [0.5, 0.6) is 17.4 Å². The van der Waals surface area contributed by atoms with Crippen LogP contribution in [0.2, 0.25) is 0 Å². The smallest absolute Gasteiger partial charge is 0.439 e. The Kier molecular flexibility index (Phi) is 6.77. The van der Waals surface area contributed by atoms with E-state index in [0.29, 0.717) is 28.8 Å². The molecule has 2 heterocycles. The first-order valence-electron chi connectivity index (χ1n) is 10.6. The molecular formula is C24H21F3N6O3. The maximum Gasteiger partial charge on any atom is 0.573 e. The first-order valence-corrected chi connectivity index (χ1v) is 10.6. The third-order valence-corrected chi connectivity index (χ3v) is 5.18. The van der Waals surface area contributed by atoms with Gasteiger partial charge in [-0.3, -0.25) is 0 Å². The van der Waals surface area contributed by atoms with Crippen LogP contribution in [-0.2, 0) is 0 Å². The van der Waals surface area contributed by atoms with Crippen molar-refractivity contribution < 1.29 is 27.4 Å². The molecule has 36 heavy (non-hydrogen) atoms. The van der Waals surface area contributed by atoms with Gasteiger partial charge in [0, 0.05) is 23.1 Å². The molecule has 4 aromatic rings. The fourth-order valence-corrected chi connectivity index (χ4v) is 3.21. The van der Waals surface area contributed by atoms with Gasteiger partial charge in [0.25, 0.3) is 0 Å². The van der Waals surface area contributed by atoms with Crippen molar-refractivity contribution in [1.29, 1.82) is 0 Å². The average Bonchev–Trinajstić information content (AvgIpc) is 3.08. The summed E-state index contributed by atoms with van der Waals surface area (Å²) in [6, 6.07) is 12.4. The monoisotopic (exact) mass is 498 g/mol. The highest BCUT2D eigenvalue weighted by molar-refractivity contribution is 5.99. The minimum Gasteiger partial charge on any atom is -0.439 e. The summed E-state index contributed by atoms with van der Waals surface area (Å²) in [4.78, 5) is 20.6. The SMILES string of the molecule is Cc1nn(-c2cc(Oc3ccc(NC(=O)Nc4ccc(OC(F)(F)F)cc4)cc3)ncn2)c(C)c1C. The van der Waals surface area contributed by atoms with Crippen molar-refractivity contribution in [3.63, 3.8) is 0 Å². The summed E-state index contributed by atoms with van der Waals surface area (Å²) in [7, 11) is 0. The molecule has 9 nitrogen and oxygen atoms in total. The second-order valence-corrected chi connectivity index (χ2v) is 7.70. The van der Waals surface area contributed by atoms with Gasteiger partial charge >= 0.3 is 12.4 Å². The Balaban J connectivity index is 1.35. The highest BCUT2D eigenvalue weighted by atomic mass is 19.4. The second kappa shape index (κ2) is 9.94. The van der Waals surface area contributed by atoms with Gasteiger partial charge in [-0.2, -0.15) is 5.10 Å². The van der Waals surface area contributed by atoms with Crippen molar-refractivity contribution in [3.8, 4) is 23.2 Å². The van der Waals surface area contributed by atoms with Crippen LogP contribution < -0.4 is 20.1 Å². The quantitative estimate of drug-likeness (QED) is 0.342. The molecule has 0 fully saturated rings. The van der Waals surface area contributed by atoms with E-state index in [0.717, 1.165) is 29.1 Å². The van der Waals surface area contributed by atoms with E-state index in [4.69, 9.17) is 4.74 Å². The molecule has 0 saturated heterocycles. The highest BCUT2D eigenvalue weighted by Crippen LogP contribution is 2.25. The molecule has 0 bridgehead atoms. The summed E-state index contributed by atoms with van der Waals surface area (Å²) in [5.41, 5.74) is 3.72. The van der Waals surface area contributed by atoms with Crippen molar-refractivity contribution in [2.45, 2.75) is 27.1 Å². The van der Waals surface area contributed by atoms with Crippen LogP contribution in [0.15, 0.2) is 60.9 Å². The van der Waals surface area contributed by atoms with Gasteiger partial charge in [-0.25, -0.2) is 19.4 Å². The summed E-state index contributed by atoms with van der Waals surface area (Å²) in [5.74, 6) is 0.989. The molecule has 186 valence electrons. The topological polar surface area (TPSA) is 103 Å². The third kappa shape index (κ3) is 6.09. The van der Waals surface area contributed by atoms with Crippen LogP contribution in [0.4, 0.5) is 29.3 Å². The van der Waals surface area contributed by atoms with Gasteiger partial charge in [0.1, 0.15) is 17.8 Å². The lowest BCUT2D eigenvalue weighted by atomic mass is 10.2. The van der Waals surface area contributed by atoms with Crippen LogP contribution >= 0.6 is 0 Å². The van der Waals surface area contributed by atoms with Crippen molar-refractivity contribution in [1.82, 2.24) is 19.7 Å². The van der Waals surface area contributed by atoms with Gasteiger partial charge in [-0.1, -0.05) is 0 Å². The number of carbonyl (C=O) groups is 1. The van der Waals surface area contributed by atoms with Gasteiger partial charge in [0.15, 0.2) is 5.82 Å². The minimum atomic E-state index is -4.78. The molecule has 4 rings (SSSR count). The number of ether oxygens (including phenoxy) is 2. The number of halogens is 3. The predicted octanol–water partition coefficient (Wildman–Crippen LogP) is 5.92. The third-order valence-electron chi connectivity index (χ3n) is 5.18. The maximum atomic E-state index is 12.2. The number of hydrogen-bond donors (Lipinski definition) is 2. The molecule has 12 heteroatoms. The number of rotatable bonds is 6. The Morgan fingerprint density at radius 3 is 2.00 bits per heavy atom. The van der Waals surface area contributed by atoms with E-state index < -0.39 is 12.4 Å². The van der Waals surface area contributed by atoms with E-state index in [1.807, 2.05) is 20.8 Å². The lowest BCUT2D eigenvalue weighted by Crippen LogP contribution is -2.19.